The van der Waals surface area contributed by atoms with E-state index in [-0.39, 0.29) is 6.03 Å². The minimum atomic E-state index is -0.195. The number of urea groups is 1. The van der Waals surface area contributed by atoms with E-state index in [0.717, 1.165) is 35.8 Å². The van der Waals surface area contributed by atoms with Gasteiger partial charge in [0.15, 0.2) is 0 Å². The van der Waals surface area contributed by atoms with Gasteiger partial charge in [0.05, 0.1) is 6.54 Å². The largest absolute Gasteiger partial charge is 0.491 e. The number of benzene rings is 1. The molecule has 0 bridgehead atoms. The highest BCUT2D eigenvalue weighted by Crippen LogP contribution is 2.18. The fraction of sp³-hybridized carbons (Fsp3) is 0.429. The number of para-hydroxylation sites is 1. The van der Waals surface area contributed by atoms with Gasteiger partial charge in [0, 0.05) is 25.8 Å². The molecule has 0 unspecified atom stereocenters. The molecule has 2 amide bonds. The summed E-state index contributed by atoms with van der Waals surface area (Å²) in [5.41, 5.74) is 2.14. The maximum absolute atomic E-state index is 12.0. The van der Waals surface area contributed by atoms with Crippen molar-refractivity contribution in [3.05, 3.63) is 53.7 Å². The van der Waals surface area contributed by atoms with E-state index in [1.165, 1.54) is 19.3 Å². The van der Waals surface area contributed by atoms with Crippen molar-refractivity contribution in [2.75, 3.05) is 31.1 Å². The number of carbonyl (C=O) groups excluding carboxylic acids is 1. The number of hydrogen-bond donors (Lipinski definition) is 2. The summed E-state index contributed by atoms with van der Waals surface area (Å²) in [5.74, 6) is 1.85. The molecule has 144 valence electrons. The van der Waals surface area contributed by atoms with Crippen LogP contribution in [0.3, 0.4) is 0 Å². The first-order chi connectivity index (χ1) is 13.2. The number of hydrogen-bond acceptors (Lipinski definition) is 4. The van der Waals surface area contributed by atoms with Gasteiger partial charge < -0.3 is 20.3 Å². The first-order valence-corrected chi connectivity index (χ1v) is 9.62. The lowest BCUT2D eigenvalue weighted by Crippen LogP contribution is -2.37. The highest BCUT2D eigenvalue weighted by atomic mass is 16.5. The average molecular weight is 368 g/mol. The molecule has 1 aliphatic heterocycles. The summed E-state index contributed by atoms with van der Waals surface area (Å²) in [6.45, 7) is 5.49. The number of amides is 2. The van der Waals surface area contributed by atoms with Gasteiger partial charge >= 0.3 is 6.03 Å². The summed E-state index contributed by atoms with van der Waals surface area (Å²) in [4.78, 5) is 18.8. The SMILES string of the molecule is Cc1ccccc1OCCNC(=O)NCc1ccnc(N2CCCCC2)c1. The van der Waals surface area contributed by atoms with Gasteiger partial charge in [-0.15, -0.1) is 0 Å². The Kier molecular flexibility index (Phi) is 6.90. The number of aryl methyl sites for hydroxylation is 1. The van der Waals surface area contributed by atoms with E-state index in [1.807, 2.05) is 43.5 Å². The van der Waals surface area contributed by atoms with Crippen molar-refractivity contribution in [1.82, 2.24) is 15.6 Å². The first kappa shape index (κ1) is 19.0. The van der Waals surface area contributed by atoms with Crippen molar-refractivity contribution < 1.29 is 9.53 Å². The molecule has 0 radical (unpaired) electrons. The third kappa shape index (κ3) is 5.88. The van der Waals surface area contributed by atoms with Crippen LogP contribution in [0.15, 0.2) is 42.6 Å². The lowest BCUT2D eigenvalue weighted by Gasteiger charge is -2.27. The van der Waals surface area contributed by atoms with Crippen LogP contribution in [0, 0.1) is 6.92 Å². The number of anilines is 1. The number of piperidine rings is 1. The van der Waals surface area contributed by atoms with E-state index < -0.39 is 0 Å². The molecular formula is C21H28N4O2. The molecule has 0 atom stereocenters. The molecule has 0 saturated carbocycles. The van der Waals surface area contributed by atoms with Crippen LogP contribution in [-0.2, 0) is 6.54 Å². The molecule has 2 aromatic rings. The van der Waals surface area contributed by atoms with E-state index in [1.54, 1.807) is 0 Å². The van der Waals surface area contributed by atoms with Crippen LogP contribution in [0.25, 0.3) is 0 Å². The van der Waals surface area contributed by atoms with Crippen LogP contribution in [0.5, 0.6) is 5.75 Å². The predicted octanol–water partition coefficient (Wildman–Crippen LogP) is 3.26. The van der Waals surface area contributed by atoms with Gasteiger partial charge in [-0.1, -0.05) is 18.2 Å². The number of pyridine rings is 1. The second-order valence-electron chi connectivity index (χ2n) is 6.79. The molecule has 1 saturated heterocycles. The molecule has 2 heterocycles. The number of ether oxygens (including phenoxy) is 1. The molecule has 2 N–H and O–H groups in total. The molecule has 6 nitrogen and oxygen atoms in total. The Morgan fingerprint density at radius 2 is 1.96 bits per heavy atom. The Bertz CT molecular complexity index is 744. The first-order valence-electron chi connectivity index (χ1n) is 9.62. The predicted molar refractivity (Wildman–Crippen MR) is 107 cm³/mol. The van der Waals surface area contributed by atoms with E-state index in [9.17, 15) is 4.79 Å². The monoisotopic (exact) mass is 368 g/mol. The molecule has 0 spiro atoms. The fourth-order valence-electron chi connectivity index (χ4n) is 3.16. The van der Waals surface area contributed by atoms with E-state index in [0.29, 0.717) is 19.7 Å². The minimum absolute atomic E-state index is 0.195. The summed E-state index contributed by atoms with van der Waals surface area (Å²) >= 11 is 0. The van der Waals surface area contributed by atoms with Gasteiger partial charge in [-0.2, -0.15) is 0 Å². The molecule has 1 fully saturated rings. The standard InChI is InChI=1S/C21H28N4O2/c1-17-7-3-4-8-19(17)27-14-11-23-21(26)24-16-18-9-10-22-20(15-18)25-12-5-2-6-13-25/h3-4,7-10,15H,2,5-6,11-14,16H2,1H3,(H2,23,24,26). The Balaban J connectivity index is 1.38. The fourth-order valence-corrected chi connectivity index (χ4v) is 3.16. The van der Waals surface area contributed by atoms with Crippen molar-refractivity contribution in [2.24, 2.45) is 0 Å². The van der Waals surface area contributed by atoms with Crippen LogP contribution in [0.1, 0.15) is 30.4 Å². The zero-order valence-corrected chi connectivity index (χ0v) is 15.9. The lowest BCUT2D eigenvalue weighted by molar-refractivity contribution is 0.236. The molecule has 1 aromatic heterocycles. The highest BCUT2D eigenvalue weighted by molar-refractivity contribution is 5.73. The normalized spacial score (nSPS) is 13.9. The number of aromatic nitrogens is 1. The van der Waals surface area contributed by atoms with Crippen LogP contribution in [0.4, 0.5) is 10.6 Å². The zero-order chi connectivity index (χ0) is 18.9. The van der Waals surface area contributed by atoms with Crippen molar-refractivity contribution >= 4 is 11.8 Å². The van der Waals surface area contributed by atoms with Crippen molar-refractivity contribution in [3.8, 4) is 5.75 Å². The Morgan fingerprint density at radius 1 is 1.15 bits per heavy atom. The Labute approximate surface area is 160 Å². The summed E-state index contributed by atoms with van der Waals surface area (Å²) < 4.78 is 5.68. The quantitative estimate of drug-likeness (QED) is 0.736. The Hall–Kier alpha value is -2.76. The van der Waals surface area contributed by atoms with E-state index in [4.69, 9.17) is 4.74 Å². The molecule has 0 aliphatic carbocycles. The number of nitrogens with one attached hydrogen (secondary N) is 2. The number of nitrogens with zero attached hydrogens (tertiary/aromatic N) is 2. The van der Waals surface area contributed by atoms with Gasteiger partial charge in [-0.25, -0.2) is 9.78 Å². The summed E-state index contributed by atoms with van der Waals surface area (Å²) in [6.07, 6.45) is 5.55. The summed E-state index contributed by atoms with van der Waals surface area (Å²) in [5, 5.41) is 5.71. The van der Waals surface area contributed by atoms with Crippen LogP contribution in [-0.4, -0.2) is 37.3 Å². The van der Waals surface area contributed by atoms with Gasteiger partial charge in [-0.05, 0) is 55.5 Å². The number of carbonyl (C=O) groups is 1. The van der Waals surface area contributed by atoms with Crippen LogP contribution >= 0.6 is 0 Å². The van der Waals surface area contributed by atoms with Crippen molar-refractivity contribution in [2.45, 2.75) is 32.7 Å². The van der Waals surface area contributed by atoms with Gasteiger partial charge in [0.2, 0.25) is 0 Å². The molecule has 27 heavy (non-hydrogen) atoms. The van der Waals surface area contributed by atoms with Crippen molar-refractivity contribution in [1.29, 1.82) is 0 Å². The molecular weight excluding hydrogens is 340 g/mol. The van der Waals surface area contributed by atoms with E-state index >= 15 is 0 Å². The van der Waals surface area contributed by atoms with Crippen LogP contribution < -0.4 is 20.3 Å². The second-order valence-corrected chi connectivity index (χ2v) is 6.79. The second kappa shape index (κ2) is 9.80. The third-order valence-corrected chi connectivity index (χ3v) is 4.68. The third-order valence-electron chi connectivity index (χ3n) is 4.68. The highest BCUT2D eigenvalue weighted by Gasteiger charge is 2.12. The topological polar surface area (TPSA) is 66.5 Å². The van der Waals surface area contributed by atoms with Crippen molar-refractivity contribution in [3.63, 3.8) is 0 Å². The van der Waals surface area contributed by atoms with Gasteiger partial charge in [-0.3, -0.25) is 0 Å². The minimum Gasteiger partial charge on any atom is -0.491 e. The maximum atomic E-state index is 12.0. The van der Waals surface area contributed by atoms with Gasteiger partial charge in [0.1, 0.15) is 18.2 Å². The molecule has 3 rings (SSSR count). The average Bonchev–Trinajstić information content (AvgIpc) is 2.72. The summed E-state index contributed by atoms with van der Waals surface area (Å²) in [6, 6.07) is 11.7. The summed E-state index contributed by atoms with van der Waals surface area (Å²) in [7, 11) is 0. The van der Waals surface area contributed by atoms with Crippen LogP contribution in [0.2, 0.25) is 0 Å². The molecule has 6 heteroatoms. The smallest absolute Gasteiger partial charge is 0.315 e. The maximum Gasteiger partial charge on any atom is 0.315 e. The van der Waals surface area contributed by atoms with Gasteiger partial charge in [0.25, 0.3) is 0 Å². The lowest BCUT2D eigenvalue weighted by atomic mass is 10.1. The zero-order valence-electron chi connectivity index (χ0n) is 15.9. The Morgan fingerprint density at radius 3 is 2.78 bits per heavy atom. The van der Waals surface area contributed by atoms with E-state index in [2.05, 4.69) is 26.6 Å². The molecule has 1 aromatic carbocycles. The molecule has 1 aliphatic rings. The number of rotatable bonds is 7.